The molecule has 20 heavy (non-hydrogen) atoms. The summed E-state index contributed by atoms with van der Waals surface area (Å²) in [5.41, 5.74) is 5.84. The van der Waals surface area contributed by atoms with E-state index >= 15 is 0 Å². The van der Waals surface area contributed by atoms with Crippen molar-refractivity contribution in [3.8, 4) is 0 Å². The Kier molecular flexibility index (Phi) is 4.68. The monoisotopic (exact) mass is 281 g/mol. The van der Waals surface area contributed by atoms with Crippen LogP contribution >= 0.6 is 0 Å². The van der Waals surface area contributed by atoms with Crippen LogP contribution in [0.2, 0.25) is 0 Å². The summed E-state index contributed by atoms with van der Waals surface area (Å²) >= 11 is 0. The smallest absolute Gasteiger partial charge is 0.245 e. The van der Waals surface area contributed by atoms with Crippen LogP contribution in [0.3, 0.4) is 0 Å². The zero-order chi connectivity index (χ0) is 14.8. The molecule has 1 heterocycles. The summed E-state index contributed by atoms with van der Waals surface area (Å²) in [6.45, 7) is 5.69. The van der Waals surface area contributed by atoms with Crippen LogP contribution in [0.1, 0.15) is 46.0 Å². The average Bonchev–Trinajstić information content (AvgIpc) is 3.05. The van der Waals surface area contributed by atoms with E-state index < -0.39 is 0 Å². The normalized spacial score (nSPS) is 28.6. The molecule has 0 aromatic carbocycles. The van der Waals surface area contributed by atoms with E-state index in [1.807, 2.05) is 4.90 Å². The van der Waals surface area contributed by atoms with Gasteiger partial charge in [-0.3, -0.25) is 9.59 Å². The molecular formula is C15H27N3O2. The number of likely N-dealkylation sites (tertiary alicyclic amines) is 1. The highest BCUT2D eigenvalue weighted by Crippen LogP contribution is 2.32. The molecule has 0 radical (unpaired) electrons. The molecule has 5 nitrogen and oxygen atoms in total. The van der Waals surface area contributed by atoms with E-state index in [4.69, 9.17) is 5.73 Å². The van der Waals surface area contributed by atoms with Crippen molar-refractivity contribution in [3.63, 3.8) is 0 Å². The Hall–Kier alpha value is -1.10. The van der Waals surface area contributed by atoms with Crippen LogP contribution in [0, 0.1) is 11.3 Å². The van der Waals surface area contributed by atoms with E-state index in [0.29, 0.717) is 19.0 Å². The van der Waals surface area contributed by atoms with Gasteiger partial charge in [-0.2, -0.15) is 0 Å². The first-order valence-electron chi connectivity index (χ1n) is 7.71. The molecule has 0 aromatic heterocycles. The first-order chi connectivity index (χ1) is 9.45. The van der Waals surface area contributed by atoms with Crippen LogP contribution < -0.4 is 11.1 Å². The number of nitrogens with zero attached hydrogens (tertiary/aromatic N) is 1. The summed E-state index contributed by atoms with van der Waals surface area (Å²) in [5.74, 6) is 0.274. The first-order valence-corrected chi connectivity index (χ1v) is 7.71. The molecule has 114 valence electrons. The van der Waals surface area contributed by atoms with Crippen LogP contribution in [0.4, 0.5) is 0 Å². The Morgan fingerprint density at radius 2 is 2.05 bits per heavy atom. The minimum atomic E-state index is -0.338. The van der Waals surface area contributed by atoms with Crippen molar-refractivity contribution in [2.45, 2.75) is 52.0 Å². The second kappa shape index (κ2) is 6.12. The summed E-state index contributed by atoms with van der Waals surface area (Å²) in [7, 11) is 0. The molecule has 1 saturated carbocycles. The van der Waals surface area contributed by atoms with Crippen molar-refractivity contribution < 1.29 is 9.59 Å². The van der Waals surface area contributed by atoms with E-state index in [9.17, 15) is 9.59 Å². The van der Waals surface area contributed by atoms with Gasteiger partial charge < -0.3 is 16.0 Å². The lowest BCUT2D eigenvalue weighted by Gasteiger charge is -2.29. The molecule has 5 heteroatoms. The minimum absolute atomic E-state index is 0.0338. The summed E-state index contributed by atoms with van der Waals surface area (Å²) in [6.07, 6.45) is 5.35. The maximum Gasteiger partial charge on any atom is 0.245 e. The second-order valence-corrected chi connectivity index (χ2v) is 6.75. The number of carbonyl (C=O) groups is 2. The zero-order valence-corrected chi connectivity index (χ0v) is 12.7. The van der Waals surface area contributed by atoms with Crippen LogP contribution in [0.5, 0.6) is 0 Å². The molecule has 0 aromatic rings. The Bertz CT molecular complexity index is 379. The third-order valence-corrected chi connectivity index (χ3v) is 4.86. The highest BCUT2D eigenvalue weighted by atomic mass is 16.2. The number of hydrogen-bond acceptors (Lipinski definition) is 3. The van der Waals surface area contributed by atoms with Crippen molar-refractivity contribution in [3.05, 3.63) is 0 Å². The van der Waals surface area contributed by atoms with Crippen LogP contribution in [-0.2, 0) is 9.59 Å². The molecule has 3 N–H and O–H groups in total. The molecule has 2 aliphatic rings. The van der Waals surface area contributed by atoms with Gasteiger partial charge in [0.1, 0.15) is 6.04 Å². The molecule has 2 atom stereocenters. The van der Waals surface area contributed by atoms with Gasteiger partial charge in [0.25, 0.3) is 0 Å². The molecule has 2 unspecified atom stereocenters. The van der Waals surface area contributed by atoms with Crippen molar-refractivity contribution in [2.75, 3.05) is 19.6 Å². The zero-order valence-electron chi connectivity index (χ0n) is 12.7. The Balaban J connectivity index is 2.04. The largest absolute Gasteiger partial charge is 0.344 e. The lowest BCUT2D eigenvalue weighted by Crippen LogP contribution is -2.51. The predicted molar refractivity (Wildman–Crippen MR) is 77.9 cm³/mol. The van der Waals surface area contributed by atoms with Crippen molar-refractivity contribution in [2.24, 2.45) is 17.1 Å². The van der Waals surface area contributed by atoms with Crippen LogP contribution in [0.15, 0.2) is 0 Å². The minimum Gasteiger partial charge on any atom is -0.344 e. The lowest BCUT2D eigenvalue weighted by atomic mass is 9.90. The number of rotatable bonds is 4. The molecule has 2 amide bonds. The molecule has 1 aliphatic carbocycles. The van der Waals surface area contributed by atoms with Crippen LogP contribution in [0.25, 0.3) is 0 Å². The summed E-state index contributed by atoms with van der Waals surface area (Å²) in [6, 6.07) is -0.338. The third kappa shape index (κ3) is 3.32. The van der Waals surface area contributed by atoms with Crippen molar-refractivity contribution in [1.82, 2.24) is 10.2 Å². The predicted octanol–water partition coefficient (Wildman–Crippen LogP) is 0.879. The Morgan fingerprint density at radius 3 is 2.55 bits per heavy atom. The molecule has 2 fully saturated rings. The fraction of sp³-hybridized carbons (Fsp3) is 0.867. The second-order valence-electron chi connectivity index (χ2n) is 6.75. The molecule has 0 bridgehead atoms. The number of carbonyl (C=O) groups excluding carboxylic acids is 2. The van der Waals surface area contributed by atoms with E-state index in [0.717, 1.165) is 38.6 Å². The lowest BCUT2D eigenvalue weighted by molar-refractivity contribution is -0.137. The summed E-state index contributed by atoms with van der Waals surface area (Å²) in [5, 5.41) is 2.88. The third-order valence-electron chi connectivity index (χ3n) is 4.86. The van der Waals surface area contributed by atoms with Gasteiger partial charge >= 0.3 is 0 Å². The SMILES string of the molecule is CC(=O)NC(C(=O)N1CCC(C)(CN)C1)C1CCCC1. The maximum absolute atomic E-state index is 12.7. The van der Waals surface area contributed by atoms with E-state index in [1.165, 1.54) is 6.92 Å². The van der Waals surface area contributed by atoms with Gasteiger partial charge in [0.05, 0.1) is 0 Å². The highest BCUT2D eigenvalue weighted by Gasteiger charge is 2.40. The standard InChI is InChI=1S/C15H27N3O2/c1-11(19)17-13(12-5-3-4-6-12)14(20)18-8-7-15(2,9-16)10-18/h12-13H,3-10,16H2,1-2H3,(H,17,19). The van der Waals surface area contributed by atoms with Gasteiger partial charge in [-0.25, -0.2) is 0 Å². The summed E-state index contributed by atoms with van der Waals surface area (Å²) in [4.78, 5) is 26.0. The summed E-state index contributed by atoms with van der Waals surface area (Å²) < 4.78 is 0. The maximum atomic E-state index is 12.7. The quantitative estimate of drug-likeness (QED) is 0.803. The number of amides is 2. The number of hydrogen-bond donors (Lipinski definition) is 2. The first kappa shape index (κ1) is 15.3. The van der Waals surface area contributed by atoms with E-state index in [1.54, 1.807) is 0 Å². The van der Waals surface area contributed by atoms with E-state index in [2.05, 4.69) is 12.2 Å². The van der Waals surface area contributed by atoms with E-state index in [-0.39, 0.29) is 23.3 Å². The fourth-order valence-corrected chi connectivity index (χ4v) is 3.47. The number of nitrogens with one attached hydrogen (secondary N) is 1. The molecule has 0 spiro atoms. The molecule has 1 aliphatic heterocycles. The fourth-order valence-electron chi connectivity index (χ4n) is 3.47. The van der Waals surface area contributed by atoms with Gasteiger partial charge in [0, 0.05) is 20.0 Å². The molecular weight excluding hydrogens is 254 g/mol. The van der Waals surface area contributed by atoms with Gasteiger partial charge in [0.2, 0.25) is 11.8 Å². The Labute approximate surface area is 121 Å². The van der Waals surface area contributed by atoms with Gasteiger partial charge in [-0.1, -0.05) is 19.8 Å². The Morgan fingerprint density at radius 1 is 1.40 bits per heavy atom. The topological polar surface area (TPSA) is 75.4 Å². The van der Waals surface area contributed by atoms with Crippen molar-refractivity contribution in [1.29, 1.82) is 0 Å². The number of nitrogens with two attached hydrogens (primary N) is 1. The molecule has 2 rings (SSSR count). The van der Waals surface area contributed by atoms with Crippen molar-refractivity contribution >= 4 is 11.8 Å². The highest BCUT2D eigenvalue weighted by molar-refractivity contribution is 5.87. The average molecular weight is 281 g/mol. The van der Waals surface area contributed by atoms with Gasteiger partial charge in [-0.15, -0.1) is 0 Å². The molecule has 1 saturated heterocycles. The van der Waals surface area contributed by atoms with Crippen LogP contribution in [-0.4, -0.2) is 42.4 Å². The van der Waals surface area contributed by atoms with Gasteiger partial charge in [-0.05, 0) is 37.1 Å². The van der Waals surface area contributed by atoms with Gasteiger partial charge in [0.15, 0.2) is 0 Å².